The second-order valence-electron chi connectivity index (χ2n) is 5.46. The summed E-state index contributed by atoms with van der Waals surface area (Å²) in [6.07, 6.45) is 8.35. The Balaban J connectivity index is 1.56. The Morgan fingerprint density at radius 3 is 2.85 bits per heavy atom. The molecule has 0 radical (unpaired) electrons. The van der Waals surface area contributed by atoms with Gasteiger partial charge in [-0.15, -0.1) is 0 Å². The molecule has 1 aliphatic carbocycles. The number of rotatable bonds is 6. The van der Waals surface area contributed by atoms with Crippen molar-refractivity contribution in [2.45, 2.75) is 44.6 Å². The molecule has 3 N–H and O–H groups in total. The molecule has 0 aliphatic heterocycles. The van der Waals surface area contributed by atoms with Gasteiger partial charge in [0, 0.05) is 6.54 Å². The number of aliphatic hydroxyl groups is 1. The van der Waals surface area contributed by atoms with E-state index in [1.54, 1.807) is 12.1 Å². The van der Waals surface area contributed by atoms with Gasteiger partial charge in [-0.25, -0.2) is 4.79 Å². The number of furan rings is 1. The summed E-state index contributed by atoms with van der Waals surface area (Å²) in [6.45, 7) is 0.857. The van der Waals surface area contributed by atoms with Crippen molar-refractivity contribution in [3.63, 3.8) is 0 Å². The maximum atomic E-state index is 11.6. The van der Waals surface area contributed by atoms with Gasteiger partial charge in [-0.3, -0.25) is 0 Å². The summed E-state index contributed by atoms with van der Waals surface area (Å²) in [5.74, 6) is 1.23. The lowest BCUT2D eigenvalue weighted by Crippen LogP contribution is -2.38. The van der Waals surface area contributed by atoms with E-state index in [2.05, 4.69) is 10.6 Å². The number of amides is 2. The van der Waals surface area contributed by atoms with Crippen molar-refractivity contribution in [3.05, 3.63) is 24.2 Å². The Morgan fingerprint density at radius 1 is 1.35 bits per heavy atom. The fraction of sp³-hybridized carbons (Fsp3) is 0.667. The first kappa shape index (κ1) is 14.9. The molecule has 0 aromatic carbocycles. The van der Waals surface area contributed by atoms with E-state index in [1.807, 2.05) is 0 Å². The van der Waals surface area contributed by atoms with Crippen LogP contribution in [0.3, 0.4) is 0 Å². The zero-order chi connectivity index (χ0) is 14.2. The third-order valence-electron chi connectivity index (χ3n) is 3.89. The van der Waals surface area contributed by atoms with Crippen LogP contribution in [0, 0.1) is 5.92 Å². The molecule has 2 amide bonds. The van der Waals surface area contributed by atoms with Crippen LogP contribution in [-0.4, -0.2) is 24.2 Å². The zero-order valence-electron chi connectivity index (χ0n) is 11.8. The highest BCUT2D eigenvalue weighted by Gasteiger charge is 2.14. The second kappa shape index (κ2) is 7.94. The lowest BCUT2D eigenvalue weighted by Gasteiger charge is -2.21. The van der Waals surface area contributed by atoms with Gasteiger partial charge in [-0.2, -0.15) is 0 Å². The smallest absolute Gasteiger partial charge is 0.314 e. The Morgan fingerprint density at radius 2 is 2.15 bits per heavy atom. The van der Waals surface area contributed by atoms with Crippen LogP contribution in [0.1, 0.15) is 50.4 Å². The molecule has 112 valence electrons. The standard InChI is InChI=1S/C15H24N2O3/c18-13(14-7-4-10-20-14)11-17-15(19)16-9-8-12-5-2-1-3-6-12/h4,7,10,12-13,18H,1-3,5-6,8-9,11H2,(H2,16,17,19). The maximum Gasteiger partial charge on any atom is 0.314 e. The Bertz CT molecular complexity index is 386. The molecule has 1 atom stereocenters. The van der Waals surface area contributed by atoms with Crippen LogP contribution in [-0.2, 0) is 0 Å². The normalized spacial score (nSPS) is 17.6. The molecule has 1 saturated carbocycles. The average molecular weight is 280 g/mol. The van der Waals surface area contributed by atoms with Crippen LogP contribution in [0.4, 0.5) is 4.79 Å². The highest BCUT2D eigenvalue weighted by atomic mass is 16.4. The van der Waals surface area contributed by atoms with Crippen LogP contribution in [0.25, 0.3) is 0 Å². The number of carbonyl (C=O) groups excluding carboxylic acids is 1. The summed E-state index contributed by atoms with van der Waals surface area (Å²) in [6, 6.07) is 3.17. The highest BCUT2D eigenvalue weighted by Crippen LogP contribution is 2.25. The van der Waals surface area contributed by atoms with Gasteiger partial charge in [0.05, 0.1) is 12.8 Å². The van der Waals surface area contributed by atoms with Crippen molar-refractivity contribution in [1.29, 1.82) is 0 Å². The van der Waals surface area contributed by atoms with Crippen LogP contribution < -0.4 is 10.6 Å². The molecular formula is C15H24N2O3. The van der Waals surface area contributed by atoms with Gasteiger partial charge in [0.1, 0.15) is 11.9 Å². The molecule has 1 unspecified atom stereocenters. The summed E-state index contributed by atoms with van der Waals surface area (Å²) in [5, 5.41) is 15.2. The van der Waals surface area contributed by atoms with Crippen molar-refractivity contribution in [2.24, 2.45) is 5.92 Å². The number of hydrogen-bond acceptors (Lipinski definition) is 3. The molecule has 1 heterocycles. The Hall–Kier alpha value is -1.49. The van der Waals surface area contributed by atoms with E-state index in [-0.39, 0.29) is 12.6 Å². The molecule has 20 heavy (non-hydrogen) atoms. The van der Waals surface area contributed by atoms with Gasteiger partial charge in [0.2, 0.25) is 0 Å². The molecule has 2 rings (SSSR count). The fourth-order valence-electron chi connectivity index (χ4n) is 2.70. The SMILES string of the molecule is O=C(NCCC1CCCCC1)NCC(O)c1ccco1. The van der Waals surface area contributed by atoms with E-state index in [0.717, 1.165) is 12.3 Å². The lowest BCUT2D eigenvalue weighted by atomic mass is 9.87. The van der Waals surface area contributed by atoms with E-state index in [1.165, 1.54) is 38.4 Å². The first-order valence-electron chi connectivity index (χ1n) is 7.49. The van der Waals surface area contributed by atoms with Gasteiger partial charge >= 0.3 is 6.03 Å². The number of hydrogen-bond donors (Lipinski definition) is 3. The topological polar surface area (TPSA) is 74.5 Å². The number of aliphatic hydroxyl groups excluding tert-OH is 1. The molecule has 0 saturated heterocycles. The quantitative estimate of drug-likeness (QED) is 0.749. The van der Waals surface area contributed by atoms with Crippen molar-refractivity contribution < 1.29 is 14.3 Å². The highest BCUT2D eigenvalue weighted by molar-refractivity contribution is 5.73. The van der Waals surface area contributed by atoms with Crippen molar-refractivity contribution in [1.82, 2.24) is 10.6 Å². The van der Waals surface area contributed by atoms with Crippen LogP contribution in [0.2, 0.25) is 0 Å². The van der Waals surface area contributed by atoms with Crippen molar-refractivity contribution in [3.8, 4) is 0 Å². The fourth-order valence-corrected chi connectivity index (χ4v) is 2.70. The predicted molar refractivity (Wildman–Crippen MR) is 76.3 cm³/mol. The molecular weight excluding hydrogens is 256 g/mol. The first-order chi connectivity index (χ1) is 9.75. The van der Waals surface area contributed by atoms with Gasteiger partial charge in [-0.05, 0) is 24.5 Å². The maximum absolute atomic E-state index is 11.6. The minimum absolute atomic E-state index is 0.156. The van der Waals surface area contributed by atoms with Gasteiger partial charge in [-0.1, -0.05) is 32.1 Å². The van der Waals surface area contributed by atoms with E-state index < -0.39 is 6.10 Å². The third kappa shape index (κ3) is 4.89. The van der Waals surface area contributed by atoms with Gasteiger partial charge < -0.3 is 20.2 Å². The molecule has 1 fully saturated rings. The van der Waals surface area contributed by atoms with Crippen molar-refractivity contribution in [2.75, 3.05) is 13.1 Å². The molecule has 0 bridgehead atoms. The molecule has 1 aromatic heterocycles. The summed E-state index contributed by atoms with van der Waals surface area (Å²) >= 11 is 0. The molecule has 5 heteroatoms. The largest absolute Gasteiger partial charge is 0.467 e. The first-order valence-corrected chi connectivity index (χ1v) is 7.49. The molecule has 1 aliphatic rings. The molecule has 1 aromatic rings. The lowest BCUT2D eigenvalue weighted by molar-refractivity contribution is 0.148. The van der Waals surface area contributed by atoms with Gasteiger partial charge in [0.25, 0.3) is 0 Å². The summed E-state index contributed by atoms with van der Waals surface area (Å²) < 4.78 is 5.07. The monoisotopic (exact) mass is 280 g/mol. The predicted octanol–water partition coefficient (Wildman–Crippen LogP) is 2.58. The molecule has 5 nitrogen and oxygen atoms in total. The Kier molecular flexibility index (Phi) is 5.92. The average Bonchev–Trinajstić information content (AvgIpc) is 3.00. The Labute approximate surface area is 119 Å². The van der Waals surface area contributed by atoms with Crippen LogP contribution >= 0.6 is 0 Å². The van der Waals surface area contributed by atoms with Crippen molar-refractivity contribution >= 4 is 6.03 Å². The van der Waals surface area contributed by atoms with Crippen LogP contribution in [0.5, 0.6) is 0 Å². The minimum Gasteiger partial charge on any atom is -0.467 e. The molecule has 0 spiro atoms. The summed E-state index contributed by atoms with van der Waals surface area (Å²) in [4.78, 5) is 11.6. The minimum atomic E-state index is -0.797. The summed E-state index contributed by atoms with van der Waals surface area (Å²) in [7, 11) is 0. The second-order valence-corrected chi connectivity index (χ2v) is 5.46. The van der Waals surface area contributed by atoms with E-state index in [9.17, 15) is 9.90 Å². The van der Waals surface area contributed by atoms with E-state index in [0.29, 0.717) is 12.3 Å². The number of urea groups is 1. The summed E-state index contributed by atoms with van der Waals surface area (Å²) in [5.41, 5.74) is 0. The zero-order valence-corrected chi connectivity index (χ0v) is 11.8. The van der Waals surface area contributed by atoms with E-state index in [4.69, 9.17) is 4.42 Å². The third-order valence-corrected chi connectivity index (χ3v) is 3.89. The van der Waals surface area contributed by atoms with E-state index >= 15 is 0 Å². The van der Waals surface area contributed by atoms with Gasteiger partial charge in [0.15, 0.2) is 0 Å². The number of carbonyl (C=O) groups is 1. The number of nitrogens with one attached hydrogen (secondary N) is 2. The van der Waals surface area contributed by atoms with Crippen LogP contribution in [0.15, 0.2) is 22.8 Å².